The molecule has 0 saturated carbocycles. The number of pyridine rings is 1. The Labute approximate surface area is 171 Å². The van der Waals surface area contributed by atoms with Crippen LogP contribution >= 0.6 is 23.2 Å². The van der Waals surface area contributed by atoms with E-state index < -0.39 is 0 Å². The summed E-state index contributed by atoms with van der Waals surface area (Å²) in [7, 11) is 1.90. The van der Waals surface area contributed by atoms with Crippen LogP contribution in [-0.2, 0) is 6.54 Å². The molecule has 7 heteroatoms. The molecule has 4 rings (SSSR count). The minimum atomic E-state index is -0.239. The minimum absolute atomic E-state index is 0.239. The average Bonchev–Trinajstić information content (AvgIpc) is 2.70. The lowest BCUT2D eigenvalue weighted by atomic mass is 10.1. The van der Waals surface area contributed by atoms with Crippen LogP contribution in [0.3, 0.4) is 0 Å². The normalized spacial score (nSPS) is 11.1. The minimum Gasteiger partial charge on any atom is -0.316 e. The van der Waals surface area contributed by atoms with E-state index in [2.05, 4.69) is 10.3 Å². The van der Waals surface area contributed by atoms with E-state index in [1.165, 1.54) is 10.8 Å². The van der Waals surface area contributed by atoms with Crippen molar-refractivity contribution in [3.8, 4) is 17.2 Å². The van der Waals surface area contributed by atoms with Crippen LogP contribution in [0.25, 0.3) is 28.1 Å². The molecule has 0 aliphatic heterocycles. The van der Waals surface area contributed by atoms with E-state index in [1.54, 1.807) is 30.3 Å². The van der Waals surface area contributed by atoms with Gasteiger partial charge in [0.15, 0.2) is 0 Å². The number of nitrogens with zero attached hydrogens (tertiary/aromatic N) is 3. The van der Waals surface area contributed by atoms with Crippen molar-refractivity contribution in [1.82, 2.24) is 19.9 Å². The fourth-order valence-corrected chi connectivity index (χ4v) is 3.32. The first-order valence-electron chi connectivity index (χ1n) is 8.65. The third-order valence-corrected chi connectivity index (χ3v) is 4.82. The lowest BCUT2D eigenvalue weighted by molar-refractivity contribution is 0.818. The van der Waals surface area contributed by atoms with Gasteiger partial charge in [0.2, 0.25) is 0 Å². The van der Waals surface area contributed by atoms with Crippen molar-refractivity contribution in [2.45, 2.75) is 6.54 Å². The first-order valence-corrected chi connectivity index (χ1v) is 9.40. The van der Waals surface area contributed by atoms with Crippen LogP contribution in [0.2, 0.25) is 10.0 Å². The highest BCUT2D eigenvalue weighted by Crippen LogP contribution is 2.24. The molecule has 0 atom stereocenters. The van der Waals surface area contributed by atoms with Gasteiger partial charge in [0.25, 0.3) is 5.56 Å². The Kier molecular flexibility index (Phi) is 5.13. The first kappa shape index (κ1) is 18.6. The van der Waals surface area contributed by atoms with Gasteiger partial charge in [0, 0.05) is 23.3 Å². The SMILES string of the molecule is CNCc1ccc(-c2nc3ccc(Cl)cc3c(=O)n2-c2ccc(Cl)cn2)cc1. The Morgan fingerprint density at radius 2 is 1.75 bits per heavy atom. The Balaban J connectivity index is 2.00. The van der Waals surface area contributed by atoms with E-state index in [-0.39, 0.29) is 5.56 Å². The number of fused-ring (bicyclic) bond motifs is 1. The molecule has 1 N–H and O–H groups in total. The Bertz CT molecular complexity index is 1200. The molecule has 0 aliphatic carbocycles. The van der Waals surface area contributed by atoms with Gasteiger partial charge in [-0.25, -0.2) is 14.5 Å². The van der Waals surface area contributed by atoms with Crippen LogP contribution in [0.5, 0.6) is 0 Å². The topological polar surface area (TPSA) is 59.8 Å². The average molecular weight is 411 g/mol. The van der Waals surface area contributed by atoms with Crippen molar-refractivity contribution < 1.29 is 0 Å². The maximum absolute atomic E-state index is 13.3. The molecule has 0 fully saturated rings. The fourth-order valence-electron chi connectivity index (χ4n) is 3.04. The molecular weight excluding hydrogens is 395 g/mol. The smallest absolute Gasteiger partial charge is 0.267 e. The molecule has 0 aliphatic rings. The quantitative estimate of drug-likeness (QED) is 0.538. The molecule has 140 valence electrons. The van der Waals surface area contributed by atoms with Gasteiger partial charge in [-0.1, -0.05) is 47.5 Å². The Morgan fingerprint density at radius 3 is 2.43 bits per heavy atom. The van der Waals surface area contributed by atoms with Crippen molar-refractivity contribution >= 4 is 34.1 Å². The molecular formula is C21H16Cl2N4O. The van der Waals surface area contributed by atoms with Gasteiger partial charge in [-0.3, -0.25) is 4.79 Å². The molecule has 2 aromatic carbocycles. The number of hydrogen-bond donors (Lipinski definition) is 1. The van der Waals surface area contributed by atoms with Gasteiger partial charge in [0.05, 0.1) is 15.9 Å². The monoisotopic (exact) mass is 410 g/mol. The maximum Gasteiger partial charge on any atom is 0.267 e. The second kappa shape index (κ2) is 7.72. The van der Waals surface area contributed by atoms with Gasteiger partial charge in [0.1, 0.15) is 11.6 Å². The summed E-state index contributed by atoms with van der Waals surface area (Å²) in [5.41, 5.74) is 2.29. The summed E-state index contributed by atoms with van der Waals surface area (Å²) in [6.45, 7) is 0.759. The van der Waals surface area contributed by atoms with Gasteiger partial charge in [-0.05, 0) is 42.9 Å². The largest absolute Gasteiger partial charge is 0.316 e. The summed E-state index contributed by atoms with van der Waals surface area (Å²) in [5.74, 6) is 0.948. The number of nitrogens with one attached hydrogen (secondary N) is 1. The molecule has 0 amide bonds. The zero-order chi connectivity index (χ0) is 19.7. The molecule has 5 nitrogen and oxygen atoms in total. The summed E-state index contributed by atoms with van der Waals surface area (Å²) in [5, 5.41) is 4.52. The summed E-state index contributed by atoms with van der Waals surface area (Å²) in [6, 6.07) is 16.4. The summed E-state index contributed by atoms with van der Waals surface area (Å²) in [4.78, 5) is 22.4. The standard InChI is InChI=1S/C21H16Cl2N4O/c1-24-11-13-2-4-14(5-3-13)20-26-18-8-6-15(22)10-17(18)21(28)27(20)19-9-7-16(23)12-25-19/h2-10,12,24H,11H2,1H3. The summed E-state index contributed by atoms with van der Waals surface area (Å²) in [6.07, 6.45) is 1.51. The van der Waals surface area contributed by atoms with Gasteiger partial charge < -0.3 is 5.32 Å². The third-order valence-electron chi connectivity index (χ3n) is 4.36. The highest BCUT2D eigenvalue weighted by atomic mass is 35.5. The van der Waals surface area contributed by atoms with E-state index in [0.29, 0.717) is 32.6 Å². The van der Waals surface area contributed by atoms with Crippen LogP contribution in [0.1, 0.15) is 5.56 Å². The molecule has 0 unspecified atom stereocenters. The number of halogens is 2. The number of hydrogen-bond acceptors (Lipinski definition) is 4. The highest BCUT2D eigenvalue weighted by molar-refractivity contribution is 6.31. The third kappa shape index (κ3) is 3.52. The van der Waals surface area contributed by atoms with Crippen molar-refractivity contribution in [3.63, 3.8) is 0 Å². The summed E-state index contributed by atoms with van der Waals surface area (Å²) >= 11 is 12.1. The molecule has 2 heterocycles. The summed E-state index contributed by atoms with van der Waals surface area (Å²) < 4.78 is 1.49. The second-order valence-corrected chi connectivity index (χ2v) is 7.17. The van der Waals surface area contributed by atoms with E-state index in [1.807, 2.05) is 31.3 Å². The van der Waals surface area contributed by atoms with Crippen molar-refractivity contribution in [2.75, 3.05) is 7.05 Å². The van der Waals surface area contributed by atoms with Crippen LogP contribution in [0.4, 0.5) is 0 Å². The van der Waals surface area contributed by atoms with Crippen molar-refractivity contribution in [1.29, 1.82) is 0 Å². The number of benzene rings is 2. The van der Waals surface area contributed by atoms with Crippen LogP contribution < -0.4 is 10.9 Å². The molecule has 4 aromatic rings. The highest BCUT2D eigenvalue weighted by Gasteiger charge is 2.16. The van der Waals surface area contributed by atoms with Crippen molar-refractivity contribution in [2.24, 2.45) is 0 Å². The van der Waals surface area contributed by atoms with Crippen molar-refractivity contribution in [3.05, 3.63) is 86.8 Å². The lowest BCUT2D eigenvalue weighted by Gasteiger charge is -2.14. The van der Waals surface area contributed by atoms with E-state index in [4.69, 9.17) is 28.2 Å². The molecule has 0 saturated heterocycles. The van der Waals surface area contributed by atoms with Gasteiger partial charge in [-0.15, -0.1) is 0 Å². The molecule has 28 heavy (non-hydrogen) atoms. The van der Waals surface area contributed by atoms with Gasteiger partial charge >= 0.3 is 0 Å². The zero-order valence-corrected chi connectivity index (χ0v) is 16.5. The fraction of sp³-hybridized carbons (Fsp3) is 0.0952. The van der Waals surface area contributed by atoms with Gasteiger partial charge in [-0.2, -0.15) is 0 Å². The second-order valence-electron chi connectivity index (χ2n) is 6.30. The Morgan fingerprint density at radius 1 is 1.00 bits per heavy atom. The molecule has 2 aromatic heterocycles. The zero-order valence-electron chi connectivity index (χ0n) is 15.0. The number of rotatable bonds is 4. The van der Waals surface area contributed by atoms with E-state index in [0.717, 1.165) is 17.7 Å². The lowest BCUT2D eigenvalue weighted by Crippen LogP contribution is -2.22. The number of aromatic nitrogens is 3. The van der Waals surface area contributed by atoms with E-state index in [9.17, 15) is 4.79 Å². The van der Waals surface area contributed by atoms with Crippen LogP contribution in [-0.4, -0.2) is 21.6 Å². The first-order chi connectivity index (χ1) is 13.6. The Hall–Kier alpha value is -2.73. The van der Waals surface area contributed by atoms with Crippen LogP contribution in [0.15, 0.2) is 65.6 Å². The molecule has 0 radical (unpaired) electrons. The predicted molar refractivity (Wildman–Crippen MR) is 113 cm³/mol. The van der Waals surface area contributed by atoms with Crippen LogP contribution in [0, 0.1) is 0 Å². The van der Waals surface area contributed by atoms with E-state index >= 15 is 0 Å². The maximum atomic E-state index is 13.3. The molecule has 0 spiro atoms. The molecule has 0 bridgehead atoms. The predicted octanol–water partition coefficient (Wildman–Crippen LogP) is 4.47.